The number of aliphatic imine (C=N–C) groups is 1. The summed E-state index contributed by atoms with van der Waals surface area (Å²) in [5.74, 6) is 1.71. The molecule has 4 N–H and O–H groups in total. The molecular formula is C27H34Cl2N6O4. The lowest BCUT2D eigenvalue weighted by molar-refractivity contribution is -0.123. The summed E-state index contributed by atoms with van der Waals surface area (Å²) >= 11 is 12.2. The first-order valence-corrected chi connectivity index (χ1v) is 13.8. The Hall–Kier alpha value is -3.21. The van der Waals surface area contributed by atoms with E-state index in [-0.39, 0.29) is 11.8 Å². The Bertz CT molecular complexity index is 1190. The number of halogens is 2. The van der Waals surface area contributed by atoms with Crippen LogP contribution in [0.2, 0.25) is 10.0 Å². The zero-order chi connectivity index (χ0) is 27.6. The van der Waals surface area contributed by atoms with E-state index in [0.717, 1.165) is 38.0 Å². The van der Waals surface area contributed by atoms with Gasteiger partial charge in [-0.1, -0.05) is 29.3 Å². The third kappa shape index (κ3) is 8.64. The number of hydrogen-bond acceptors (Lipinski definition) is 8. The van der Waals surface area contributed by atoms with Crippen LogP contribution < -0.4 is 31.0 Å². The van der Waals surface area contributed by atoms with E-state index < -0.39 is 0 Å². The summed E-state index contributed by atoms with van der Waals surface area (Å²) < 4.78 is 11.4. The van der Waals surface area contributed by atoms with E-state index in [1.807, 2.05) is 6.07 Å². The van der Waals surface area contributed by atoms with E-state index in [2.05, 4.69) is 31.4 Å². The fraction of sp³-hybridized carbons (Fsp3) is 0.444. The van der Waals surface area contributed by atoms with Gasteiger partial charge in [0, 0.05) is 35.1 Å². The highest BCUT2D eigenvalue weighted by atomic mass is 35.5. The van der Waals surface area contributed by atoms with Crippen LogP contribution in [0.3, 0.4) is 0 Å². The van der Waals surface area contributed by atoms with Crippen LogP contribution in [0.25, 0.3) is 0 Å². The van der Waals surface area contributed by atoms with Crippen LogP contribution in [0.4, 0.5) is 0 Å². The number of benzene rings is 2. The van der Waals surface area contributed by atoms with Crippen LogP contribution in [0, 0.1) is 5.92 Å². The number of amides is 2. The molecule has 0 spiro atoms. The molecule has 0 bridgehead atoms. The quantitative estimate of drug-likeness (QED) is 0.321. The molecule has 12 heteroatoms. The summed E-state index contributed by atoms with van der Waals surface area (Å²) in [6.07, 6.45) is 2.39. The number of methoxy groups -OCH3 is 1. The van der Waals surface area contributed by atoms with Crippen molar-refractivity contribution in [2.24, 2.45) is 10.9 Å². The van der Waals surface area contributed by atoms with Crippen LogP contribution in [-0.2, 0) is 11.2 Å². The van der Waals surface area contributed by atoms with Gasteiger partial charge in [0.2, 0.25) is 5.96 Å². The zero-order valence-electron chi connectivity index (χ0n) is 21.9. The molecule has 2 aliphatic rings. The smallest absolute Gasteiger partial charge is 0.252 e. The van der Waals surface area contributed by atoms with E-state index in [0.29, 0.717) is 71.6 Å². The second-order valence-electron chi connectivity index (χ2n) is 9.46. The van der Waals surface area contributed by atoms with Crippen molar-refractivity contribution in [3.8, 4) is 11.5 Å². The number of carbonyl (C=O) groups is 2. The van der Waals surface area contributed by atoms with Crippen molar-refractivity contribution in [1.82, 2.24) is 26.4 Å². The molecular weight excluding hydrogens is 543 g/mol. The van der Waals surface area contributed by atoms with Gasteiger partial charge in [-0.05, 0) is 67.7 Å². The lowest BCUT2D eigenvalue weighted by atomic mass is 9.96. The molecule has 2 heterocycles. The Morgan fingerprint density at radius 2 is 1.95 bits per heavy atom. The first kappa shape index (κ1) is 28.8. The molecule has 2 aromatic rings. The largest absolute Gasteiger partial charge is 0.493 e. The molecule has 39 heavy (non-hydrogen) atoms. The number of carbonyl (C=O) groups excluding carboxylic acids is 2. The molecule has 0 aromatic heterocycles. The van der Waals surface area contributed by atoms with Gasteiger partial charge < -0.3 is 20.1 Å². The molecule has 10 nitrogen and oxygen atoms in total. The predicted octanol–water partition coefficient (Wildman–Crippen LogP) is 2.65. The van der Waals surface area contributed by atoms with Gasteiger partial charge in [0.1, 0.15) is 0 Å². The molecule has 0 saturated carbocycles. The number of ether oxygens (including phenoxy) is 2. The summed E-state index contributed by atoms with van der Waals surface area (Å²) in [6, 6.07) is 10.5. The van der Waals surface area contributed by atoms with Gasteiger partial charge in [-0.2, -0.15) is 0 Å². The number of hydrazine groups is 1. The fourth-order valence-electron chi connectivity index (χ4n) is 4.47. The zero-order valence-corrected chi connectivity index (χ0v) is 23.4. The average molecular weight is 578 g/mol. The lowest BCUT2D eigenvalue weighted by Gasteiger charge is -2.31. The number of piperidine rings is 1. The number of guanidine groups is 1. The van der Waals surface area contributed by atoms with Crippen molar-refractivity contribution >= 4 is 41.0 Å². The van der Waals surface area contributed by atoms with E-state index in [1.54, 1.807) is 37.4 Å². The van der Waals surface area contributed by atoms with Gasteiger partial charge in [-0.15, -0.1) is 0 Å². The SMILES string of the molecule is COc1ccc(C(=O)NCC2CCN(CC(=O)NNC3=NCCN3)CC2)cc1OCCc1ccc(Cl)cc1Cl. The minimum absolute atomic E-state index is 0.105. The molecule has 4 rings (SSSR count). The summed E-state index contributed by atoms with van der Waals surface area (Å²) in [5, 5.41) is 7.25. The first-order valence-electron chi connectivity index (χ1n) is 13.0. The number of nitrogens with zero attached hydrogens (tertiary/aromatic N) is 2. The second kappa shape index (κ2) is 14.3. The standard InChI is InChI=1S/C27H34Cl2N6O4/c1-38-23-5-3-20(14-24(23)39-13-8-19-2-4-21(28)15-22(19)29)26(37)32-16-18-6-11-35(12-7-18)17-25(36)33-34-27-30-9-10-31-27/h2-5,14-15,18H,6-13,16-17H2,1H3,(H,32,37)(H,33,36)(H2,30,31,34). The predicted molar refractivity (Wildman–Crippen MR) is 152 cm³/mol. The van der Waals surface area contributed by atoms with Gasteiger partial charge >= 0.3 is 0 Å². The van der Waals surface area contributed by atoms with Crippen molar-refractivity contribution in [3.05, 3.63) is 57.6 Å². The van der Waals surface area contributed by atoms with Gasteiger partial charge in [0.15, 0.2) is 11.5 Å². The minimum Gasteiger partial charge on any atom is -0.493 e. The van der Waals surface area contributed by atoms with Crippen molar-refractivity contribution in [3.63, 3.8) is 0 Å². The Balaban J connectivity index is 1.20. The summed E-state index contributed by atoms with van der Waals surface area (Å²) in [5.41, 5.74) is 6.89. The average Bonchev–Trinajstić information content (AvgIpc) is 3.46. The van der Waals surface area contributed by atoms with Crippen LogP contribution >= 0.6 is 23.2 Å². The molecule has 210 valence electrons. The molecule has 0 aliphatic carbocycles. The van der Waals surface area contributed by atoms with E-state index in [1.165, 1.54) is 0 Å². The fourth-order valence-corrected chi connectivity index (χ4v) is 4.97. The number of likely N-dealkylation sites (tertiary alicyclic amines) is 1. The van der Waals surface area contributed by atoms with Crippen molar-refractivity contribution in [1.29, 1.82) is 0 Å². The third-order valence-electron chi connectivity index (χ3n) is 6.69. The van der Waals surface area contributed by atoms with Crippen LogP contribution in [0.15, 0.2) is 41.4 Å². The Morgan fingerprint density at radius 3 is 2.67 bits per heavy atom. The number of hydrogen-bond donors (Lipinski definition) is 4. The molecule has 2 amide bonds. The monoisotopic (exact) mass is 576 g/mol. The van der Waals surface area contributed by atoms with Crippen molar-refractivity contribution < 1.29 is 19.1 Å². The van der Waals surface area contributed by atoms with Gasteiger partial charge in [-0.25, -0.2) is 0 Å². The maximum absolute atomic E-state index is 12.9. The summed E-state index contributed by atoms with van der Waals surface area (Å²) in [7, 11) is 1.56. The highest BCUT2D eigenvalue weighted by Gasteiger charge is 2.22. The first-order chi connectivity index (χ1) is 18.9. The van der Waals surface area contributed by atoms with E-state index in [9.17, 15) is 9.59 Å². The number of rotatable bonds is 10. The maximum atomic E-state index is 12.9. The third-order valence-corrected chi connectivity index (χ3v) is 7.28. The van der Waals surface area contributed by atoms with Crippen molar-refractivity contribution in [2.75, 3.05) is 53.0 Å². The normalized spacial score (nSPS) is 15.7. The topological polar surface area (TPSA) is 116 Å². The molecule has 0 atom stereocenters. The van der Waals surface area contributed by atoms with E-state index >= 15 is 0 Å². The van der Waals surface area contributed by atoms with Gasteiger partial charge in [-0.3, -0.25) is 30.3 Å². The number of nitrogens with one attached hydrogen (secondary N) is 4. The Morgan fingerprint density at radius 1 is 1.13 bits per heavy atom. The second-order valence-corrected chi connectivity index (χ2v) is 10.3. The maximum Gasteiger partial charge on any atom is 0.252 e. The van der Waals surface area contributed by atoms with E-state index in [4.69, 9.17) is 32.7 Å². The molecule has 2 aromatic carbocycles. The van der Waals surface area contributed by atoms with Gasteiger partial charge in [0.05, 0.1) is 26.8 Å². The summed E-state index contributed by atoms with van der Waals surface area (Å²) in [6.45, 7) is 4.33. The molecule has 0 unspecified atom stereocenters. The Labute approximate surface area is 238 Å². The van der Waals surface area contributed by atoms with Crippen molar-refractivity contribution in [2.45, 2.75) is 19.3 Å². The summed E-state index contributed by atoms with van der Waals surface area (Å²) in [4.78, 5) is 31.3. The molecule has 0 radical (unpaired) electrons. The minimum atomic E-state index is -0.167. The highest BCUT2D eigenvalue weighted by molar-refractivity contribution is 6.35. The van der Waals surface area contributed by atoms with Crippen LogP contribution in [0.5, 0.6) is 11.5 Å². The highest BCUT2D eigenvalue weighted by Crippen LogP contribution is 2.29. The Kier molecular flexibility index (Phi) is 10.5. The van der Waals surface area contributed by atoms with Gasteiger partial charge in [0.25, 0.3) is 11.8 Å². The lowest BCUT2D eigenvalue weighted by Crippen LogP contribution is -2.50. The molecule has 2 aliphatic heterocycles. The molecule has 1 fully saturated rings. The van der Waals surface area contributed by atoms with Crippen LogP contribution in [0.1, 0.15) is 28.8 Å². The van der Waals surface area contributed by atoms with Crippen LogP contribution in [-0.4, -0.2) is 75.7 Å². The molecule has 1 saturated heterocycles.